The van der Waals surface area contributed by atoms with Crippen molar-refractivity contribution in [2.24, 2.45) is 0 Å². The molecule has 1 N–H and O–H groups in total. The van der Waals surface area contributed by atoms with Crippen LogP contribution in [0.3, 0.4) is 0 Å². The fourth-order valence-electron chi connectivity index (χ4n) is 1.62. The number of methoxy groups -OCH3 is 1. The number of carbonyl (C=O) groups excluding carboxylic acids is 1. The van der Waals surface area contributed by atoms with E-state index in [9.17, 15) is 9.18 Å². The zero-order chi connectivity index (χ0) is 12.9. The van der Waals surface area contributed by atoms with E-state index in [-0.39, 0.29) is 5.56 Å². The molecule has 0 saturated carbocycles. The lowest BCUT2D eigenvalue weighted by molar-refractivity contribution is -0.148. The molecular formula is C13H16FNO2. The lowest BCUT2D eigenvalue weighted by Gasteiger charge is -2.28. The molecule has 0 aromatic heterocycles. The third kappa shape index (κ3) is 2.71. The minimum Gasteiger partial charge on any atom is -0.467 e. The van der Waals surface area contributed by atoms with E-state index >= 15 is 0 Å². The summed E-state index contributed by atoms with van der Waals surface area (Å²) in [5.41, 5.74) is -0.956. The summed E-state index contributed by atoms with van der Waals surface area (Å²) in [7, 11) is 1.27. The first-order valence-corrected chi connectivity index (χ1v) is 5.25. The Morgan fingerprint density at radius 1 is 1.59 bits per heavy atom. The Labute approximate surface area is 100 Å². The van der Waals surface area contributed by atoms with Gasteiger partial charge < -0.3 is 4.74 Å². The highest BCUT2D eigenvalue weighted by molar-refractivity contribution is 5.82. The average Bonchev–Trinajstić information content (AvgIpc) is 2.35. The summed E-state index contributed by atoms with van der Waals surface area (Å²) in [4.78, 5) is 11.8. The van der Waals surface area contributed by atoms with Gasteiger partial charge in [-0.15, -0.1) is 6.58 Å². The van der Waals surface area contributed by atoms with Crippen molar-refractivity contribution in [2.75, 3.05) is 13.7 Å². The highest BCUT2D eigenvalue weighted by Crippen LogP contribution is 2.24. The molecule has 0 spiro atoms. The zero-order valence-electron chi connectivity index (χ0n) is 10.00. The van der Waals surface area contributed by atoms with Crippen LogP contribution in [0.1, 0.15) is 12.5 Å². The van der Waals surface area contributed by atoms with Crippen molar-refractivity contribution in [3.63, 3.8) is 0 Å². The predicted octanol–water partition coefficient (Wildman–Crippen LogP) is 1.99. The molecule has 0 bridgehead atoms. The first-order valence-electron chi connectivity index (χ1n) is 5.25. The summed E-state index contributed by atoms with van der Waals surface area (Å²) in [6.45, 7) is 5.52. The summed E-state index contributed by atoms with van der Waals surface area (Å²) >= 11 is 0. The summed E-state index contributed by atoms with van der Waals surface area (Å²) in [6, 6.07) is 6.12. The van der Waals surface area contributed by atoms with Gasteiger partial charge in [-0.1, -0.05) is 24.3 Å². The number of benzene rings is 1. The van der Waals surface area contributed by atoms with Crippen LogP contribution in [0.2, 0.25) is 0 Å². The number of ether oxygens (including phenoxy) is 1. The summed E-state index contributed by atoms with van der Waals surface area (Å²) in [5.74, 6) is -0.985. The quantitative estimate of drug-likeness (QED) is 0.628. The minimum atomic E-state index is -1.21. The van der Waals surface area contributed by atoms with Gasteiger partial charge in [0.05, 0.1) is 7.11 Å². The third-order valence-electron chi connectivity index (χ3n) is 2.61. The van der Waals surface area contributed by atoms with Crippen molar-refractivity contribution in [1.29, 1.82) is 0 Å². The molecule has 4 heteroatoms. The largest absolute Gasteiger partial charge is 0.467 e. The number of hydrogen-bond acceptors (Lipinski definition) is 3. The normalized spacial score (nSPS) is 13.8. The Balaban J connectivity index is 3.18. The van der Waals surface area contributed by atoms with Crippen molar-refractivity contribution in [2.45, 2.75) is 12.5 Å². The molecule has 3 nitrogen and oxygen atoms in total. The molecule has 0 amide bonds. The van der Waals surface area contributed by atoms with Crippen LogP contribution in [-0.4, -0.2) is 19.6 Å². The second kappa shape index (κ2) is 5.59. The standard InChI is InChI=1S/C13H16FNO2/c1-4-9-15-13(2,12(16)17-3)10-7-5-6-8-11(10)14/h4-8,15H,1,9H2,2-3H3. The Kier molecular flexibility index (Phi) is 4.40. The van der Waals surface area contributed by atoms with Crippen LogP contribution in [-0.2, 0) is 15.1 Å². The topological polar surface area (TPSA) is 38.3 Å². The van der Waals surface area contributed by atoms with E-state index in [4.69, 9.17) is 4.74 Å². The highest BCUT2D eigenvalue weighted by Gasteiger charge is 2.37. The van der Waals surface area contributed by atoms with E-state index < -0.39 is 17.3 Å². The fraction of sp³-hybridized carbons (Fsp3) is 0.308. The molecule has 0 aliphatic carbocycles. The van der Waals surface area contributed by atoms with E-state index in [0.29, 0.717) is 6.54 Å². The monoisotopic (exact) mass is 237 g/mol. The second-order valence-electron chi connectivity index (χ2n) is 3.77. The van der Waals surface area contributed by atoms with Gasteiger partial charge in [0.15, 0.2) is 0 Å². The molecule has 1 aromatic carbocycles. The summed E-state index contributed by atoms with van der Waals surface area (Å²) in [5, 5.41) is 2.92. The van der Waals surface area contributed by atoms with Gasteiger partial charge >= 0.3 is 5.97 Å². The van der Waals surface area contributed by atoms with Gasteiger partial charge in [-0.3, -0.25) is 5.32 Å². The van der Waals surface area contributed by atoms with Crippen molar-refractivity contribution >= 4 is 5.97 Å². The molecule has 1 unspecified atom stereocenters. The first-order chi connectivity index (χ1) is 8.06. The van der Waals surface area contributed by atoms with E-state index in [2.05, 4.69) is 11.9 Å². The lowest BCUT2D eigenvalue weighted by Crippen LogP contribution is -2.48. The molecule has 0 aliphatic rings. The predicted molar refractivity (Wildman–Crippen MR) is 64.0 cm³/mol. The van der Waals surface area contributed by atoms with Gasteiger partial charge in [0.1, 0.15) is 11.4 Å². The van der Waals surface area contributed by atoms with Crippen molar-refractivity contribution in [1.82, 2.24) is 5.32 Å². The number of esters is 1. The van der Waals surface area contributed by atoms with E-state index in [0.717, 1.165) is 0 Å². The molecule has 0 radical (unpaired) electrons. The fourth-order valence-corrected chi connectivity index (χ4v) is 1.62. The van der Waals surface area contributed by atoms with E-state index in [1.165, 1.54) is 13.2 Å². The van der Waals surface area contributed by atoms with Gasteiger partial charge in [-0.05, 0) is 13.0 Å². The summed E-state index contributed by atoms with van der Waals surface area (Å²) in [6.07, 6.45) is 1.60. The Morgan fingerprint density at radius 3 is 2.76 bits per heavy atom. The average molecular weight is 237 g/mol. The maximum absolute atomic E-state index is 13.7. The molecule has 17 heavy (non-hydrogen) atoms. The van der Waals surface area contributed by atoms with E-state index in [1.807, 2.05) is 0 Å². The van der Waals surface area contributed by atoms with Crippen LogP contribution in [0, 0.1) is 5.82 Å². The van der Waals surface area contributed by atoms with Crippen molar-refractivity contribution in [3.8, 4) is 0 Å². The van der Waals surface area contributed by atoms with Crippen LogP contribution < -0.4 is 5.32 Å². The molecule has 1 aromatic rings. The highest BCUT2D eigenvalue weighted by atomic mass is 19.1. The SMILES string of the molecule is C=CCNC(C)(C(=O)OC)c1ccccc1F. The molecule has 1 rings (SSSR count). The molecule has 0 fully saturated rings. The Hall–Kier alpha value is -1.68. The third-order valence-corrected chi connectivity index (χ3v) is 2.61. The van der Waals surface area contributed by atoms with E-state index in [1.54, 1.807) is 31.2 Å². The number of rotatable bonds is 5. The lowest BCUT2D eigenvalue weighted by atomic mass is 9.91. The van der Waals surface area contributed by atoms with Gasteiger partial charge in [-0.25, -0.2) is 9.18 Å². The molecule has 1 atom stereocenters. The smallest absolute Gasteiger partial charge is 0.330 e. The van der Waals surface area contributed by atoms with Crippen molar-refractivity contribution < 1.29 is 13.9 Å². The van der Waals surface area contributed by atoms with Gasteiger partial charge in [0.25, 0.3) is 0 Å². The maximum atomic E-state index is 13.7. The Morgan fingerprint density at radius 2 is 2.24 bits per heavy atom. The number of hydrogen-bond donors (Lipinski definition) is 1. The minimum absolute atomic E-state index is 0.258. The maximum Gasteiger partial charge on any atom is 0.330 e. The molecular weight excluding hydrogens is 221 g/mol. The second-order valence-corrected chi connectivity index (χ2v) is 3.77. The molecule has 0 saturated heterocycles. The van der Waals surface area contributed by atoms with Crippen LogP contribution in [0.15, 0.2) is 36.9 Å². The van der Waals surface area contributed by atoms with Crippen LogP contribution in [0.4, 0.5) is 4.39 Å². The summed E-state index contributed by atoms with van der Waals surface area (Å²) < 4.78 is 18.5. The van der Waals surface area contributed by atoms with Crippen molar-refractivity contribution in [3.05, 3.63) is 48.3 Å². The van der Waals surface area contributed by atoms with Crippen LogP contribution >= 0.6 is 0 Å². The van der Waals surface area contributed by atoms with Gasteiger partial charge in [-0.2, -0.15) is 0 Å². The number of carbonyl (C=O) groups is 1. The molecule has 0 aliphatic heterocycles. The first kappa shape index (κ1) is 13.4. The number of halogens is 1. The Bertz CT molecular complexity index is 420. The van der Waals surface area contributed by atoms with Crippen LogP contribution in [0.25, 0.3) is 0 Å². The number of nitrogens with one attached hydrogen (secondary N) is 1. The van der Waals surface area contributed by atoms with Gasteiger partial charge in [0, 0.05) is 12.1 Å². The molecule has 92 valence electrons. The van der Waals surface area contributed by atoms with Crippen LogP contribution in [0.5, 0.6) is 0 Å². The van der Waals surface area contributed by atoms with Gasteiger partial charge in [0.2, 0.25) is 0 Å². The molecule has 0 heterocycles. The zero-order valence-corrected chi connectivity index (χ0v) is 10.00.